The van der Waals surface area contributed by atoms with Crippen LogP contribution < -0.4 is 0 Å². The third-order valence-corrected chi connectivity index (χ3v) is 6.34. The Morgan fingerprint density at radius 2 is 2.04 bits per heavy atom. The van der Waals surface area contributed by atoms with Crippen molar-refractivity contribution in [3.8, 4) is 0 Å². The number of carbonyl (C=O) groups excluding carboxylic acids is 1. The van der Waals surface area contributed by atoms with Crippen molar-refractivity contribution in [1.29, 1.82) is 0 Å². The van der Waals surface area contributed by atoms with E-state index in [1.807, 2.05) is 19.1 Å². The summed E-state index contributed by atoms with van der Waals surface area (Å²) < 4.78 is 33.1. The summed E-state index contributed by atoms with van der Waals surface area (Å²) >= 11 is 0. The van der Waals surface area contributed by atoms with Crippen LogP contribution in [-0.2, 0) is 14.8 Å². The van der Waals surface area contributed by atoms with Gasteiger partial charge >= 0.3 is 5.97 Å². The Bertz CT molecular complexity index is 879. The van der Waals surface area contributed by atoms with Crippen LogP contribution in [0.5, 0.6) is 0 Å². The topological polar surface area (TPSA) is 76.6 Å². The SMILES string of the molecule is CCOC(=O)c1cccc(S(=O)(=O)N(C2CC2)[C@@H](C)c2ccccn2)c1. The van der Waals surface area contributed by atoms with E-state index in [4.69, 9.17) is 4.74 Å². The number of benzene rings is 1. The van der Waals surface area contributed by atoms with E-state index in [0.717, 1.165) is 12.8 Å². The molecule has 0 saturated heterocycles. The van der Waals surface area contributed by atoms with Crippen molar-refractivity contribution < 1.29 is 17.9 Å². The van der Waals surface area contributed by atoms with Gasteiger partial charge in [-0.15, -0.1) is 0 Å². The molecule has 26 heavy (non-hydrogen) atoms. The second-order valence-corrected chi connectivity index (χ2v) is 8.09. The molecule has 0 spiro atoms. The molecule has 0 N–H and O–H groups in total. The fraction of sp³-hybridized carbons (Fsp3) is 0.368. The van der Waals surface area contributed by atoms with Crippen LogP contribution in [0.4, 0.5) is 0 Å². The Kier molecular flexibility index (Phi) is 5.38. The molecule has 0 aliphatic heterocycles. The number of aromatic nitrogens is 1. The number of nitrogens with zero attached hydrogens (tertiary/aromatic N) is 2. The number of rotatable bonds is 7. The van der Waals surface area contributed by atoms with Crippen LogP contribution in [-0.4, -0.2) is 36.3 Å². The van der Waals surface area contributed by atoms with Crippen molar-refractivity contribution in [2.75, 3.05) is 6.61 Å². The fourth-order valence-electron chi connectivity index (χ4n) is 2.92. The van der Waals surface area contributed by atoms with E-state index in [9.17, 15) is 13.2 Å². The number of sulfonamides is 1. The average molecular weight is 374 g/mol. The van der Waals surface area contributed by atoms with Gasteiger partial charge in [-0.3, -0.25) is 4.98 Å². The van der Waals surface area contributed by atoms with Crippen molar-refractivity contribution in [2.45, 2.75) is 43.7 Å². The minimum atomic E-state index is -3.77. The van der Waals surface area contributed by atoms with Gasteiger partial charge in [-0.2, -0.15) is 4.31 Å². The van der Waals surface area contributed by atoms with Crippen LogP contribution in [0.25, 0.3) is 0 Å². The fourth-order valence-corrected chi connectivity index (χ4v) is 4.82. The lowest BCUT2D eigenvalue weighted by molar-refractivity contribution is 0.0526. The molecule has 1 aliphatic rings. The van der Waals surface area contributed by atoms with Crippen molar-refractivity contribution in [3.63, 3.8) is 0 Å². The van der Waals surface area contributed by atoms with Gasteiger partial charge in [0.25, 0.3) is 0 Å². The van der Waals surface area contributed by atoms with Gasteiger partial charge in [0.15, 0.2) is 0 Å². The van der Waals surface area contributed by atoms with Gasteiger partial charge in [-0.05, 0) is 57.0 Å². The highest BCUT2D eigenvalue weighted by molar-refractivity contribution is 7.89. The lowest BCUT2D eigenvalue weighted by Crippen LogP contribution is -2.36. The largest absolute Gasteiger partial charge is 0.462 e. The van der Waals surface area contributed by atoms with E-state index >= 15 is 0 Å². The summed E-state index contributed by atoms with van der Waals surface area (Å²) in [4.78, 5) is 16.4. The Morgan fingerprint density at radius 3 is 2.65 bits per heavy atom. The summed E-state index contributed by atoms with van der Waals surface area (Å²) in [5.74, 6) is -0.528. The maximum atomic E-state index is 13.3. The molecular weight excluding hydrogens is 352 g/mol. The quantitative estimate of drug-likeness (QED) is 0.696. The number of ether oxygens (including phenoxy) is 1. The molecule has 0 bridgehead atoms. The minimum absolute atomic E-state index is 0.0387. The number of carbonyl (C=O) groups is 1. The number of hydrogen-bond donors (Lipinski definition) is 0. The van der Waals surface area contributed by atoms with E-state index in [0.29, 0.717) is 5.69 Å². The molecule has 1 aromatic carbocycles. The summed E-state index contributed by atoms with van der Waals surface area (Å²) in [5.41, 5.74) is 0.929. The first kappa shape index (κ1) is 18.5. The van der Waals surface area contributed by atoms with Gasteiger partial charge in [0.05, 0.1) is 28.8 Å². The maximum Gasteiger partial charge on any atom is 0.338 e. The zero-order valence-corrected chi connectivity index (χ0v) is 15.6. The highest BCUT2D eigenvalue weighted by Gasteiger charge is 2.42. The van der Waals surface area contributed by atoms with Crippen molar-refractivity contribution >= 4 is 16.0 Å². The second-order valence-electron chi connectivity index (χ2n) is 6.25. The molecule has 1 fully saturated rings. The monoisotopic (exact) mass is 374 g/mol. The van der Waals surface area contributed by atoms with Crippen LogP contribution in [0.1, 0.15) is 48.8 Å². The highest BCUT2D eigenvalue weighted by Crippen LogP contribution is 2.38. The minimum Gasteiger partial charge on any atom is -0.462 e. The third-order valence-electron chi connectivity index (χ3n) is 4.32. The lowest BCUT2D eigenvalue weighted by atomic mass is 10.2. The van der Waals surface area contributed by atoms with Crippen LogP contribution in [0.3, 0.4) is 0 Å². The highest BCUT2D eigenvalue weighted by atomic mass is 32.2. The molecule has 1 aromatic heterocycles. The molecule has 2 aromatic rings. The predicted octanol–water partition coefficient (Wildman–Crippen LogP) is 3.17. The molecule has 3 rings (SSSR count). The Labute approximate surface area is 153 Å². The van der Waals surface area contributed by atoms with Gasteiger partial charge in [-0.25, -0.2) is 13.2 Å². The molecule has 1 saturated carbocycles. The summed E-state index contributed by atoms with van der Waals surface area (Å²) in [6.07, 6.45) is 3.31. The van der Waals surface area contributed by atoms with Gasteiger partial charge in [-0.1, -0.05) is 12.1 Å². The van der Waals surface area contributed by atoms with E-state index in [1.54, 1.807) is 31.3 Å². The van der Waals surface area contributed by atoms with Gasteiger partial charge in [0.2, 0.25) is 10.0 Å². The molecular formula is C19H22N2O4S. The Balaban J connectivity index is 1.97. The number of esters is 1. The molecule has 0 unspecified atom stereocenters. The van der Waals surface area contributed by atoms with Gasteiger partial charge in [0, 0.05) is 12.2 Å². The smallest absolute Gasteiger partial charge is 0.338 e. The molecule has 1 atom stereocenters. The van der Waals surface area contributed by atoms with Crippen LogP contribution in [0.15, 0.2) is 53.6 Å². The van der Waals surface area contributed by atoms with E-state index in [2.05, 4.69) is 4.98 Å². The molecule has 0 amide bonds. The Morgan fingerprint density at radius 1 is 1.27 bits per heavy atom. The molecule has 7 heteroatoms. The summed E-state index contributed by atoms with van der Waals surface area (Å²) in [7, 11) is -3.77. The zero-order chi connectivity index (χ0) is 18.7. The van der Waals surface area contributed by atoms with Crippen molar-refractivity contribution in [3.05, 3.63) is 59.9 Å². The normalized spacial score (nSPS) is 15.7. The first-order chi connectivity index (χ1) is 12.4. The van der Waals surface area contributed by atoms with Gasteiger partial charge in [0.1, 0.15) is 0 Å². The van der Waals surface area contributed by atoms with Crippen LogP contribution >= 0.6 is 0 Å². The second kappa shape index (κ2) is 7.55. The van der Waals surface area contributed by atoms with E-state index < -0.39 is 16.0 Å². The van der Waals surface area contributed by atoms with E-state index in [1.165, 1.54) is 16.4 Å². The third kappa shape index (κ3) is 3.78. The van der Waals surface area contributed by atoms with Crippen LogP contribution in [0.2, 0.25) is 0 Å². The first-order valence-electron chi connectivity index (χ1n) is 8.66. The Hall–Kier alpha value is -2.25. The lowest BCUT2D eigenvalue weighted by Gasteiger charge is -2.28. The standard InChI is InChI=1S/C19H22N2O4S/c1-3-25-19(22)15-7-6-8-17(13-15)26(23,24)21(16-10-11-16)14(2)18-9-4-5-12-20-18/h4-9,12-14,16H,3,10-11H2,1-2H3/t14-/m0/s1. The van der Waals surface area contributed by atoms with Gasteiger partial charge < -0.3 is 4.74 Å². The molecule has 0 radical (unpaired) electrons. The van der Waals surface area contributed by atoms with Crippen LogP contribution in [0, 0.1) is 0 Å². The van der Waals surface area contributed by atoms with E-state index in [-0.39, 0.29) is 29.1 Å². The predicted molar refractivity (Wildman–Crippen MR) is 97.1 cm³/mol. The molecule has 1 aliphatic carbocycles. The summed E-state index contributed by atoms with van der Waals surface area (Å²) in [6, 6.07) is 11.1. The summed E-state index contributed by atoms with van der Waals surface area (Å²) in [6.45, 7) is 3.79. The van der Waals surface area contributed by atoms with Crippen molar-refractivity contribution in [2.24, 2.45) is 0 Å². The van der Waals surface area contributed by atoms with Crippen molar-refractivity contribution in [1.82, 2.24) is 9.29 Å². The number of hydrogen-bond acceptors (Lipinski definition) is 5. The zero-order valence-electron chi connectivity index (χ0n) is 14.8. The summed E-state index contributed by atoms with van der Waals surface area (Å²) in [5, 5.41) is 0. The average Bonchev–Trinajstić information content (AvgIpc) is 3.47. The molecule has 138 valence electrons. The molecule has 1 heterocycles. The maximum absolute atomic E-state index is 13.3. The first-order valence-corrected chi connectivity index (χ1v) is 10.1. The molecule has 6 nitrogen and oxygen atoms in total. The number of pyridine rings is 1.